The molecule has 0 aliphatic carbocycles. The summed E-state index contributed by atoms with van der Waals surface area (Å²) in [6.45, 7) is 6.71. The Labute approximate surface area is 119 Å². The van der Waals surface area contributed by atoms with Crippen LogP contribution in [0.5, 0.6) is 5.75 Å². The van der Waals surface area contributed by atoms with Crippen LogP contribution in [0.4, 0.5) is 10.1 Å². The minimum Gasteiger partial charge on any atom is -0.488 e. The monoisotopic (exact) mass is 273 g/mol. The summed E-state index contributed by atoms with van der Waals surface area (Å²) in [4.78, 5) is 0. The Hall–Kier alpha value is -2.03. The van der Waals surface area contributed by atoms with Crippen LogP contribution in [-0.4, -0.2) is 5.60 Å². The van der Waals surface area contributed by atoms with Gasteiger partial charge in [0.1, 0.15) is 17.2 Å². The SMILES string of the molecule is CC(C)(C)Oc1ccc(CNc2cccc(F)c2)cc1. The highest BCUT2D eigenvalue weighted by Crippen LogP contribution is 2.19. The minimum absolute atomic E-state index is 0.193. The molecule has 0 aromatic heterocycles. The van der Waals surface area contributed by atoms with Crippen LogP contribution < -0.4 is 10.1 Å². The molecule has 106 valence electrons. The molecule has 2 aromatic carbocycles. The third-order valence-electron chi connectivity index (χ3n) is 2.67. The quantitative estimate of drug-likeness (QED) is 0.878. The first kappa shape index (κ1) is 14.4. The number of ether oxygens (including phenoxy) is 1. The lowest BCUT2D eigenvalue weighted by atomic mass is 10.1. The molecule has 0 saturated carbocycles. The number of anilines is 1. The number of hydrogen-bond donors (Lipinski definition) is 1. The molecular formula is C17H20FNO. The third kappa shape index (κ3) is 4.57. The Kier molecular flexibility index (Phi) is 4.28. The number of benzene rings is 2. The Morgan fingerprint density at radius 1 is 1.05 bits per heavy atom. The normalized spacial score (nSPS) is 11.2. The molecule has 0 aliphatic rings. The van der Waals surface area contributed by atoms with Crippen molar-refractivity contribution < 1.29 is 9.13 Å². The first-order chi connectivity index (χ1) is 9.42. The summed E-state index contributed by atoms with van der Waals surface area (Å²) in [6.07, 6.45) is 0. The maximum atomic E-state index is 13.0. The average Bonchev–Trinajstić information content (AvgIpc) is 2.36. The van der Waals surface area contributed by atoms with E-state index in [1.807, 2.05) is 51.1 Å². The van der Waals surface area contributed by atoms with E-state index in [2.05, 4.69) is 5.32 Å². The molecule has 0 aliphatic heterocycles. The van der Waals surface area contributed by atoms with Crippen molar-refractivity contribution in [2.75, 3.05) is 5.32 Å². The molecule has 0 saturated heterocycles. The van der Waals surface area contributed by atoms with Crippen LogP contribution in [0.15, 0.2) is 48.5 Å². The smallest absolute Gasteiger partial charge is 0.125 e. The second kappa shape index (κ2) is 5.95. The topological polar surface area (TPSA) is 21.3 Å². The highest BCUT2D eigenvalue weighted by molar-refractivity contribution is 5.44. The van der Waals surface area contributed by atoms with E-state index in [0.29, 0.717) is 6.54 Å². The molecule has 3 heteroatoms. The van der Waals surface area contributed by atoms with Crippen LogP contribution in [0.3, 0.4) is 0 Å². The molecule has 1 N–H and O–H groups in total. The molecule has 0 heterocycles. The summed E-state index contributed by atoms with van der Waals surface area (Å²) in [5.74, 6) is 0.621. The zero-order valence-electron chi connectivity index (χ0n) is 12.1. The molecule has 2 nitrogen and oxygen atoms in total. The molecule has 0 atom stereocenters. The summed E-state index contributed by atoms with van der Waals surface area (Å²) >= 11 is 0. The van der Waals surface area contributed by atoms with Gasteiger partial charge in [-0.1, -0.05) is 18.2 Å². The number of halogens is 1. The van der Waals surface area contributed by atoms with E-state index < -0.39 is 0 Å². The van der Waals surface area contributed by atoms with Crippen molar-refractivity contribution >= 4 is 5.69 Å². The van der Waals surface area contributed by atoms with Crippen molar-refractivity contribution in [3.05, 3.63) is 59.9 Å². The number of rotatable bonds is 4. The van der Waals surface area contributed by atoms with Gasteiger partial charge in [-0.05, 0) is 56.7 Å². The second-order valence-electron chi connectivity index (χ2n) is 5.72. The fraction of sp³-hybridized carbons (Fsp3) is 0.294. The lowest BCUT2D eigenvalue weighted by Crippen LogP contribution is -2.22. The first-order valence-electron chi connectivity index (χ1n) is 6.70. The molecule has 0 spiro atoms. The molecule has 0 unspecified atom stereocenters. The van der Waals surface area contributed by atoms with Gasteiger partial charge >= 0.3 is 0 Å². The summed E-state index contributed by atoms with van der Waals surface area (Å²) in [6, 6.07) is 14.4. The van der Waals surface area contributed by atoms with Crippen LogP contribution in [0, 0.1) is 5.82 Å². The molecule has 0 amide bonds. The summed E-state index contributed by atoms with van der Waals surface area (Å²) < 4.78 is 18.8. The maximum Gasteiger partial charge on any atom is 0.125 e. The van der Waals surface area contributed by atoms with E-state index in [-0.39, 0.29) is 11.4 Å². The Morgan fingerprint density at radius 2 is 1.75 bits per heavy atom. The second-order valence-corrected chi connectivity index (χ2v) is 5.72. The largest absolute Gasteiger partial charge is 0.488 e. The molecular weight excluding hydrogens is 253 g/mol. The highest BCUT2D eigenvalue weighted by atomic mass is 19.1. The van der Waals surface area contributed by atoms with Crippen LogP contribution in [0.25, 0.3) is 0 Å². The van der Waals surface area contributed by atoms with Gasteiger partial charge < -0.3 is 10.1 Å². The van der Waals surface area contributed by atoms with Gasteiger partial charge in [0.05, 0.1) is 0 Å². The molecule has 0 fully saturated rings. The lowest BCUT2D eigenvalue weighted by molar-refractivity contribution is 0.131. The molecule has 2 aromatic rings. The average molecular weight is 273 g/mol. The number of nitrogens with one attached hydrogen (secondary N) is 1. The zero-order valence-corrected chi connectivity index (χ0v) is 12.1. The van der Waals surface area contributed by atoms with Crippen molar-refractivity contribution in [2.45, 2.75) is 32.9 Å². The molecule has 2 rings (SSSR count). The fourth-order valence-corrected chi connectivity index (χ4v) is 1.83. The van der Waals surface area contributed by atoms with Gasteiger partial charge in [0.2, 0.25) is 0 Å². The van der Waals surface area contributed by atoms with Crippen molar-refractivity contribution in [3.8, 4) is 5.75 Å². The third-order valence-corrected chi connectivity index (χ3v) is 2.67. The first-order valence-corrected chi connectivity index (χ1v) is 6.70. The number of hydrogen-bond acceptors (Lipinski definition) is 2. The van der Waals surface area contributed by atoms with Crippen molar-refractivity contribution in [1.29, 1.82) is 0 Å². The Morgan fingerprint density at radius 3 is 2.35 bits per heavy atom. The van der Waals surface area contributed by atoms with Gasteiger partial charge in [-0.3, -0.25) is 0 Å². The van der Waals surface area contributed by atoms with E-state index in [4.69, 9.17) is 4.74 Å². The van der Waals surface area contributed by atoms with Crippen molar-refractivity contribution in [3.63, 3.8) is 0 Å². The van der Waals surface area contributed by atoms with E-state index >= 15 is 0 Å². The van der Waals surface area contributed by atoms with Gasteiger partial charge in [0.15, 0.2) is 0 Å². The summed E-state index contributed by atoms with van der Waals surface area (Å²) in [5, 5.41) is 3.19. The van der Waals surface area contributed by atoms with Crippen LogP contribution >= 0.6 is 0 Å². The lowest BCUT2D eigenvalue weighted by Gasteiger charge is -2.21. The molecule has 0 bridgehead atoms. The van der Waals surface area contributed by atoms with E-state index in [0.717, 1.165) is 17.0 Å². The van der Waals surface area contributed by atoms with E-state index in [1.54, 1.807) is 6.07 Å². The van der Waals surface area contributed by atoms with Gasteiger partial charge in [-0.2, -0.15) is 0 Å². The summed E-state index contributed by atoms with van der Waals surface area (Å²) in [7, 11) is 0. The predicted molar refractivity (Wildman–Crippen MR) is 80.5 cm³/mol. The Bertz CT molecular complexity index is 558. The van der Waals surface area contributed by atoms with Crippen LogP contribution in [0.2, 0.25) is 0 Å². The summed E-state index contributed by atoms with van der Waals surface area (Å²) in [5.41, 5.74) is 1.71. The zero-order chi connectivity index (χ0) is 14.6. The fourth-order valence-electron chi connectivity index (χ4n) is 1.83. The Balaban J connectivity index is 1.94. The molecule has 20 heavy (non-hydrogen) atoms. The van der Waals surface area contributed by atoms with Crippen LogP contribution in [0.1, 0.15) is 26.3 Å². The maximum absolute atomic E-state index is 13.0. The molecule has 0 radical (unpaired) electrons. The minimum atomic E-state index is -0.232. The predicted octanol–water partition coefficient (Wildman–Crippen LogP) is 4.62. The van der Waals surface area contributed by atoms with E-state index in [9.17, 15) is 4.39 Å². The van der Waals surface area contributed by atoms with Crippen LogP contribution in [-0.2, 0) is 6.54 Å². The highest BCUT2D eigenvalue weighted by Gasteiger charge is 2.11. The van der Waals surface area contributed by atoms with Crippen molar-refractivity contribution in [2.24, 2.45) is 0 Å². The van der Waals surface area contributed by atoms with E-state index in [1.165, 1.54) is 12.1 Å². The van der Waals surface area contributed by atoms with Gasteiger partial charge in [0, 0.05) is 12.2 Å². The van der Waals surface area contributed by atoms with Gasteiger partial charge in [0.25, 0.3) is 0 Å². The van der Waals surface area contributed by atoms with Gasteiger partial charge in [-0.25, -0.2) is 4.39 Å². The van der Waals surface area contributed by atoms with Gasteiger partial charge in [-0.15, -0.1) is 0 Å². The van der Waals surface area contributed by atoms with Crippen molar-refractivity contribution in [1.82, 2.24) is 0 Å². The standard InChI is InChI=1S/C17H20FNO/c1-17(2,3)20-16-9-7-13(8-10-16)12-19-15-6-4-5-14(18)11-15/h4-11,19H,12H2,1-3H3.